The summed E-state index contributed by atoms with van der Waals surface area (Å²) in [6.45, 7) is 5.19. The number of benzene rings is 2. The maximum absolute atomic E-state index is 11.3. The fourth-order valence-electron chi connectivity index (χ4n) is 3.50. The summed E-state index contributed by atoms with van der Waals surface area (Å²) >= 11 is 0. The van der Waals surface area contributed by atoms with Crippen molar-refractivity contribution in [2.24, 2.45) is 0 Å². The Labute approximate surface area is 164 Å². The van der Waals surface area contributed by atoms with Crippen molar-refractivity contribution in [3.05, 3.63) is 71.5 Å². The van der Waals surface area contributed by atoms with Crippen molar-refractivity contribution in [3.63, 3.8) is 0 Å². The predicted molar refractivity (Wildman–Crippen MR) is 112 cm³/mol. The number of carbonyl (C=O) groups excluding carboxylic acids is 1. The number of amides is 1. The lowest BCUT2D eigenvalue weighted by molar-refractivity contribution is -0.114. The van der Waals surface area contributed by atoms with Crippen molar-refractivity contribution in [1.82, 2.24) is 9.97 Å². The van der Waals surface area contributed by atoms with Crippen LogP contribution in [0.5, 0.6) is 0 Å². The Hall–Kier alpha value is -3.41. The SMILES string of the molecule is CC(=O)Nc1cccc(Nc2cc(N3CCc4ccccc4C3)nc(C)n2)c1. The van der Waals surface area contributed by atoms with Crippen LogP contribution in [0.1, 0.15) is 23.9 Å². The molecule has 0 saturated carbocycles. The fraction of sp³-hybridized carbons (Fsp3) is 0.227. The summed E-state index contributed by atoms with van der Waals surface area (Å²) in [5.74, 6) is 2.28. The van der Waals surface area contributed by atoms with Crippen LogP contribution >= 0.6 is 0 Å². The van der Waals surface area contributed by atoms with E-state index >= 15 is 0 Å². The minimum Gasteiger partial charge on any atom is -0.352 e. The molecule has 0 aliphatic carbocycles. The first-order chi connectivity index (χ1) is 13.6. The highest BCUT2D eigenvalue weighted by Gasteiger charge is 2.18. The minimum atomic E-state index is -0.0947. The summed E-state index contributed by atoms with van der Waals surface area (Å²) in [6, 6.07) is 18.1. The molecule has 1 aromatic heterocycles. The van der Waals surface area contributed by atoms with E-state index < -0.39 is 0 Å². The van der Waals surface area contributed by atoms with Gasteiger partial charge in [-0.05, 0) is 42.7 Å². The monoisotopic (exact) mass is 373 g/mol. The highest BCUT2D eigenvalue weighted by Crippen LogP contribution is 2.26. The molecule has 2 N–H and O–H groups in total. The lowest BCUT2D eigenvalue weighted by Crippen LogP contribution is -2.31. The van der Waals surface area contributed by atoms with E-state index in [1.54, 1.807) is 0 Å². The van der Waals surface area contributed by atoms with Gasteiger partial charge in [0.25, 0.3) is 0 Å². The molecule has 2 aromatic carbocycles. The Balaban J connectivity index is 1.56. The summed E-state index contributed by atoms with van der Waals surface area (Å²) in [5, 5.41) is 6.12. The molecular formula is C22H23N5O. The molecule has 0 saturated heterocycles. The first-order valence-corrected chi connectivity index (χ1v) is 9.39. The van der Waals surface area contributed by atoms with Gasteiger partial charge in [-0.1, -0.05) is 30.3 Å². The first kappa shape index (κ1) is 18.0. The van der Waals surface area contributed by atoms with Crippen LogP contribution in [0.4, 0.5) is 23.0 Å². The van der Waals surface area contributed by atoms with Crippen molar-refractivity contribution in [2.45, 2.75) is 26.8 Å². The van der Waals surface area contributed by atoms with Gasteiger partial charge in [-0.25, -0.2) is 9.97 Å². The molecule has 0 radical (unpaired) electrons. The fourth-order valence-corrected chi connectivity index (χ4v) is 3.50. The van der Waals surface area contributed by atoms with E-state index in [1.165, 1.54) is 18.1 Å². The van der Waals surface area contributed by atoms with Crippen LogP contribution in [0, 0.1) is 6.92 Å². The molecule has 0 atom stereocenters. The molecule has 0 fully saturated rings. The number of aryl methyl sites for hydroxylation is 1. The van der Waals surface area contributed by atoms with Crippen LogP contribution in [-0.2, 0) is 17.8 Å². The second kappa shape index (κ2) is 7.68. The van der Waals surface area contributed by atoms with Crippen LogP contribution in [0.3, 0.4) is 0 Å². The van der Waals surface area contributed by atoms with Gasteiger partial charge in [-0.15, -0.1) is 0 Å². The van der Waals surface area contributed by atoms with Gasteiger partial charge in [-0.2, -0.15) is 0 Å². The second-order valence-electron chi connectivity index (χ2n) is 6.99. The normalized spacial score (nSPS) is 13.0. The minimum absolute atomic E-state index is 0.0947. The van der Waals surface area contributed by atoms with Gasteiger partial charge in [0.15, 0.2) is 0 Å². The van der Waals surface area contributed by atoms with E-state index in [2.05, 4.69) is 49.8 Å². The molecule has 28 heavy (non-hydrogen) atoms. The largest absolute Gasteiger partial charge is 0.352 e. The number of hydrogen-bond acceptors (Lipinski definition) is 5. The third kappa shape index (κ3) is 4.11. The first-order valence-electron chi connectivity index (χ1n) is 9.39. The van der Waals surface area contributed by atoms with E-state index in [9.17, 15) is 4.79 Å². The molecule has 4 rings (SSSR count). The number of anilines is 4. The highest BCUT2D eigenvalue weighted by molar-refractivity contribution is 5.89. The summed E-state index contributed by atoms with van der Waals surface area (Å²) < 4.78 is 0. The Bertz CT molecular complexity index is 1020. The second-order valence-corrected chi connectivity index (χ2v) is 6.99. The quantitative estimate of drug-likeness (QED) is 0.722. The summed E-state index contributed by atoms with van der Waals surface area (Å²) in [7, 11) is 0. The number of rotatable bonds is 4. The lowest BCUT2D eigenvalue weighted by atomic mass is 10.00. The van der Waals surface area contributed by atoms with Crippen LogP contribution in [0.25, 0.3) is 0 Å². The van der Waals surface area contributed by atoms with Crippen molar-refractivity contribution in [2.75, 3.05) is 22.1 Å². The molecule has 0 bridgehead atoms. The van der Waals surface area contributed by atoms with Crippen molar-refractivity contribution in [1.29, 1.82) is 0 Å². The number of fused-ring (bicyclic) bond motifs is 1. The van der Waals surface area contributed by atoms with Gasteiger partial charge in [-0.3, -0.25) is 4.79 Å². The molecule has 142 valence electrons. The zero-order valence-electron chi connectivity index (χ0n) is 16.1. The zero-order chi connectivity index (χ0) is 19.5. The standard InChI is InChI=1S/C22H23N5O/c1-15-23-21(26-20-9-5-8-19(12-20)25-16(2)28)13-22(24-15)27-11-10-17-6-3-4-7-18(17)14-27/h3-9,12-13H,10-11,14H2,1-2H3,(H,25,28)(H,23,24,26). The number of hydrogen-bond donors (Lipinski definition) is 2. The molecule has 0 spiro atoms. The van der Waals surface area contributed by atoms with Gasteiger partial charge in [0.1, 0.15) is 17.5 Å². The van der Waals surface area contributed by atoms with Crippen LogP contribution < -0.4 is 15.5 Å². The topological polar surface area (TPSA) is 70.2 Å². The third-order valence-electron chi connectivity index (χ3n) is 4.73. The van der Waals surface area contributed by atoms with Crippen molar-refractivity contribution in [3.8, 4) is 0 Å². The predicted octanol–water partition coefficient (Wildman–Crippen LogP) is 4.05. The average Bonchev–Trinajstić information content (AvgIpc) is 2.67. The Kier molecular flexibility index (Phi) is 4.93. The maximum atomic E-state index is 11.3. The molecule has 6 heteroatoms. The van der Waals surface area contributed by atoms with Gasteiger partial charge in [0.05, 0.1) is 0 Å². The van der Waals surface area contributed by atoms with E-state index in [0.717, 1.165) is 48.3 Å². The van der Waals surface area contributed by atoms with E-state index in [-0.39, 0.29) is 5.91 Å². The summed E-state index contributed by atoms with van der Waals surface area (Å²) in [4.78, 5) is 22.7. The Morgan fingerprint density at radius 2 is 1.79 bits per heavy atom. The maximum Gasteiger partial charge on any atom is 0.221 e. The smallest absolute Gasteiger partial charge is 0.221 e. The Morgan fingerprint density at radius 1 is 1.00 bits per heavy atom. The van der Waals surface area contributed by atoms with Gasteiger partial charge < -0.3 is 15.5 Å². The van der Waals surface area contributed by atoms with Crippen molar-refractivity contribution < 1.29 is 4.79 Å². The molecule has 3 aromatic rings. The highest BCUT2D eigenvalue weighted by atomic mass is 16.1. The number of nitrogens with one attached hydrogen (secondary N) is 2. The van der Waals surface area contributed by atoms with Gasteiger partial charge in [0.2, 0.25) is 5.91 Å². The Morgan fingerprint density at radius 3 is 2.61 bits per heavy atom. The van der Waals surface area contributed by atoms with Gasteiger partial charge >= 0.3 is 0 Å². The number of nitrogens with zero attached hydrogens (tertiary/aromatic N) is 3. The van der Waals surface area contributed by atoms with Crippen LogP contribution in [0.15, 0.2) is 54.6 Å². The number of aromatic nitrogens is 2. The summed E-state index contributed by atoms with van der Waals surface area (Å²) in [5.41, 5.74) is 4.37. The third-order valence-corrected chi connectivity index (χ3v) is 4.73. The molecular weight excluding hydrogens is 350 g/mol. The molecule has 6 nitrogen and oxygen atoms in total. The summed E-state index contributed by atoms with van der Waals surface area (Å²) in [6.07, 6.45) is 1.01. The molecule has 2 heterocycles. The molecule has 1 amide bonds. The molecule has 1 aliphatic heterocycles. The van der Waals surface area contributed by atoms with Crippen LogP contribution in [0.2, 0.25) is 0 Å². The molecule has 0 unspecified atom stereocenters. The van der Waals surface area contributed by atoms with Gasteiger partial charge in [0, 0.05) is 37.5 Å². The average molecular weight is 373 g/mol. The van der Waals surface area contributed by atoms with E-state index in [4.69, 9.17) is 0 Å². The zero-order valence-corrected chi connectivity index (χ0v) is 16.1. The van der Waals surface area contributed by atoms with Crippen LogP contribution in [-0.4, -0.2) is 22.4 Å². The number of carbonyl (C=O) groups is 1. The van der Waals surface area contributed by atoms with E-state index in [1.807, 2.05) is 37.3 Å². The van der Waals surface area contributed by atoms with Crippen molar-refractivity contribution >= 4 is 28.9 Å². The lowest BCUT2D eigenvalue weighted by Gasteiger charge is -2.30. The molecule has 1 aliphatic rings. The van der Waals surface area contributed by atoms with E-state index in [0.29, 0.717) is 0 Å².